The Kier molecular flexibility index (Phi) is 4.99. The summed E-state index contributed by atoms with van der Waals surface area (Å²) >= 11 is 1.58. The molecule has 0 aliphatic carbocycles. The van der Waals surface area contributed by atoms with Gasteiger partial charge >= 0.3 is 0 Å². The number of aromatic nitrogens is 3. The maximum Gasteiger partial charge on any atom is 0.268 e. The number of fused-ring (bicyclic) bond motifs is 1. The summed E-state index contributed by atoms with van der Waals surface area (Å²) in [5, 5.41) is 0.853. The van der Waals surface area contributed by atoms with Crippen molar-refractivity contribution in [1.82, 2.24) is 18.8 Å². The monoisotopic (exact) mass is 369 g/mol. The number of nitrogens with zero attached hydrogens (tertiary/aromatic N) is 5. The minimum atomic E-state index is 0.153. The molecule has 26 heavy (non-hydrogen) atoms. The van der Waals surface area contributed by atoms with Crippen LogP contribution in [0.1, 0.15) is 12.0 Å². The summed E-state index contributed by atoms with van der Waals surface area (Å²) in [6.07, 6.45) is 4.57. The van der Waals surface area contributed by atoms with Gasteiger partial charge in [-0.15, -0.1) is 0 Å². The molecule has 6 nitrogen and oxygen atoms in total. The second-order valence-corrected chi connectivity index (χ2v) is 7.79. The molecule has 3 aromatic rings. The molecule has 0 unspecified atom stereocenters. The van der Waals surface area contributed by atoms with E-state index in [0.717, 1.165) is 67.3 Å². The second kappa shape index (κ2) is 7.55. The predicted octanol–water partition coefficient (Wildman–Crippen LogP) is 2.37. The van der Waals surface area contributed by atoms with E-state index in [2.05, 4.69) is 31.9 Å². The molecule has 0 bridgehead atoms. The lowest BCUT2D eigenvalue weighted by molar-refractivity contribution is 0.250. The summed E-state index contributed by atoms with van der Waals surface area (Å²) in [5.74, 6) is 0.819. The van der Waals surface area contributed by atoms with Crippen molar-refractivity contribution in [1.29, 1.82) is 0 Å². The van der Waals surface area contributed by atoms with Crippen LogP contribution in [0.4, 0.5) is 5.95 Å². The first-order valence-electron chi connectivity index (χ1n) is 9.05. The van der Waals surface area contributed by atoms with Crippen LogP contribution < -0.4 is 10.5 Å². The number of piperazine rings is 1. The van der Waals surface area contributed by atoms with Gasteiger partial charge in [0.1, 0.15) is 0 Å². The SMILES string of the molecule is Cc1ccc2sn(CCCN3CCN(c4ncccn4)CC3)c(=O)c2c1. The molecule has 0 amide bonds. The maximum atomic E-state index is 12.5. The number of hydrogen-bond acceptors (Lipinski definition) is 6. The highest BCUT2D eigenvalue weighted by atomic mass is 32.1. The molecule has 0 atom stereocenters. The average Bonchev–Trinajstić information content (AvgIpc) is 2.99. The topological polar surface area (TPSA) is 54.3 Å². The third kappa shape index (κ3) is 3.64. The molecule has 136 valence electrons. The van der Waals surface area contributed by atoms with Crippen LogP contribution in [-0.2, 0) is 6.54 Å². The Labute approximate surface area is 156 Å². The molecule has 4 rings (SSSR count). The Hall–Kier alpha value is -2.25. The molecule has 0 saturated carbocycles. The van der Waals surface area contributed by atoms with Crippen LogP contribution in [0.2, 0.25) is 0 Å². The van der Waals surface area contributed by atoms with Crippen molar-refractivity contribution in [2.75, 3.05) is 37.6 Å². The van der Waals surface area contributed by atoms with E-state index in [0.29, 0.717) is 0 Å². The molecule has 1 fully saturated rings. The van der Waals surface area contributed by atoms with Gasteiger partial charge in [0.15, 0.2) is 0 Å². The van der Waals surface area contributed by atoms with E-state index < -0.39 is 0 Å². The van der Waals surface area contributed by atoms with Crippen molar-refractivity contribution in [3.63, 3.8) is 0 Å². The zero-order chi connectivity index (χ0) is 17.9. The number of aryl methyl sites for hydroxylation is 2. The first-order valence-corrected chi connectivity index (χ1v) is 9.83. The van der Waals surface area contributed by atoms with Crippen LogP contribution in [-0.4, -0.2) is 51.5 Å². The summed E-state index contributed by atoms with van der Waals surface area (Å²) in [4.78, 5) is 25.8. The molecule has 0 N–H and O–H groups in total. The highest BCUT2D eigenvalue weighted by Crippen LogP contribution is 2.18. The standard InChI is InChI=1S/C19H23N5OS/c1-15-4-5-17-16(14-15)18(25)24(26-17)9-3-8-22-10-12-23(13-11-22)19-20-6-2-7-21-19/h2,4-7,14H,3,8-13H2,1H3. The van der Waals surface area contributed by atoms with E-state index >= 15 is 0 Å². The van der Waals surface area contributed by atoms with Crippen molar-refractivity contribution >= 4 is 27.6 Å². The quantitative estimate of drug-likeness (QED) is 0.691. The summed E-state index contributed by atoms with van der Waals surface area (Å²) in [7, 11) is 0. The molecular formula is C19H23N5OS. The van der Waals surface area contributed by atoms with E-state index in [1.54, 1.807) is 23.9 Å². The lowest BCUT2D eigenvalue weighted by atomic mass is 10.2. The maximum absolute atomic E-state index is 12.5. The third-order valence-corrected chi connectivity index (χ3v) is 5.96. The number of anilines is 1. The van der Waals surface area contributed by atoms with Gasteiger partial charge in [-0.25, -0.2) is 9.97 Å². The summed E-state index contributed by atoms with van der Waals surface area (Å²) in [6.45, 7) is 7.76. The third-order valence-electron chi connectivity index (χ3n) is 4.84. The van der Waals surface area contributed by atoms with Crippen molar-refractivity contribution in [3.05, 3.63) is 52.6 Å². The van der Waals surface area contributed by atoms with Crippen molar-refractivity contribution in [2.45, 2.75) is 19.9 Å². The second-order valence-electron chi connectivity index (χ2n) is 6.73. The molecule has 1 aromatic carbocycles. The molecular weight excluding hydrogens is 346 g/mol. The van der Waals surface area contributed by atoms with Crippen LogP contribution in [0.25, 0.3) is 10.1 Å². The van der Waals surface area contributed by atoms with Crippen molar-refractivity contribution in [3.8, 4) is 0 Å². The molecule has 0 spiro atoms. The fraction of sp³-hybridized carbons (Fsp3) is 0.421. The molecule has 1 saturated heterocycles. The van der Waals surface area contributed by atoms with Gasteiger partial charge in [0.2, 0.25) is 5.95 Å². The van der Waals surface area contributed by atoms with Gasteiger partial charge < -0.3 is 4.90 Å². The summed E-state index contributed by atoms with van der Waals surface area (Å²) in [6, 6.07) is 7.96. The Morgan fingerprint density at radius 2 is 1.85 bits per heavy atom. The van der Waals surface area contributed by atoms with Crippen LogP contribution >= 0.6 is 11.5 Å². The van der Waals surface area contributed by atoms with Gasteiger partial charge in [-0.3, -0.25) is 13.7 Å². The number of rotatable bonds is 5. The lowest BCUT2D eigenvalue weighted by Crippen LogP contribution is -2.47. The molecule has 1 aliphatic heterocycles. The minimum absolute atomic E-state index is 0.153. The lowest BCUT2D eigenvalue weighted by Gasteiger charge is -2.34. The first kappa shape index (κ1) is 17.2. The first-order chi connectivity index (χ1) is 12.7. The van der Waals surface area contributed by atoms with Crippen LogP contribution in [0.5, 0.6) is 0 Å². The van der Waals surface area contributed by atoms with Gasteiger partial charge in [-0.05, 0) is 31.5 Å². The fourth-order valence-corrected chi connectivity index (χ4v) is 4.41. The summed E-state index contributed by atoms with van der Waals surface area (Å²) < 4.78 is 2.98. The van der Waals surface area contributed by atoms with Gasteiger partial charge in [0, 0.05) is 51.7 Å². The van der Waals surface area contributed by atoms with Crippen LogP contribution in [0.15, 0.2) is 41.5 Å². The Balaban J connectivity index is 1.29. The smallest absolute Gasteiger partial charge is 0.268 e. The van der Waals surface area contributed by atoms with E-state index in [4.69, 9.17) is 0 Å². The van der Waals surface area contributed by atoms with E-state index in [1.807, 2.05) is 23.0 Å². The fourth-order valence-electron chi connectivity index (χ4n) is 3.40. The normalized spacial score (nSPS) is 15.7. The average molecular weight is 369 g/mol. The Morgan fingerprint density at radius 3 is 2.62 bits per heavy atom. The molecule has 1 aliphatic rings. The van der Waals surface area contributed by atoms with E-state index in [-0.39, 0.29) is 5.56 Å². The predicted molar refractivity (Wildman–Crippen MR) is 106 cm³/mol. The summed E-state index contributed by atoms with van der Waals surface area (Å²) in [5.41, 5.74) is 1.29. The van der Waals surface area contributed by atoms with Crippen molar-refractivity contribution in [2.24, 2.45) is 0 Å². The zero-order valence-electron chi connectivity index (χ0n) is 15.0. The Bertz CT molecular complexity index is 928. The van der Waals surface area contributed by atoms with Gasteiger partial charge in [-0.2, -0.15) is 0 Å². The number of hydrogen-bond donors (Lipinski definition) is 0. The number of benzene rings is 1. The van der Waals surface area contributed by atoms with E-state index in [1.165, 1.54) is 0 Å². The van der Waals surface area contributed by atoms with E-state index in [9.17, 15) is 4.79 Å². The van der Waals surface area contributed by atoms with Crippen molar-refractivity contribution < 1.29 is 0 Å². The largest absolute Gasteiger partial charge is 0.338 e. The molecule has 3 heterocycles. The van der Waals surface area contributed by atoms with Gasteiger partial charge in [0.05, 0.1) is 10.1 Å². The minimum Gasteiger partial charge on any atom is -0.338 e. The van der Waals surface area contributed by atoms with Crippen LogP contribution in [0.3, 0.4) is 0 Å². The van der Waals surface area contributed by atoms with Gasteiger partial charge in [-0.1, -0.05) is 23.2 Å². The molecule has 7 heteroatoms. The molecule has 0 radical (unpaired) electrons. The Morgan fingerprint density at radius 1 is 1.08 bits per heavy atom. The zero-order valence-corrected chi connectivity index (χ0v) is 15.8. The molecule has 2 aromatic heterocycles. The highest BCUT2D eigenvalue weighted by Gasteiger charge is 2.18. The van der Waals surface area contributed by atoms with Gasteiger partial charge in [0.25, 0.3) is 5.56 Å². The highest BCUT2D eigenvalue weighted by molar-refractivity contribution is 7.13. The van der Waals surface area contributed by atoms with Crippen LogP contribution in [0, 0.1) is 6.92 Å².